The Bertz CT molecular complexity index is 957. The van der Waals surface area contributed by atoms with Crippen LogP contribution in [0.2, 0.25) is 0 Å². The minimum atomic E-state index is -3.67. The van der Waals surface area contributed by atoms with Crippen LogP contribution in [-0.2, 0) is 16.6 Å². The van der Waals surface area contributed by atoms with Crippen LogP contribution in [0.15, 0.2) is 65.7 Å². The van der Waals surface area contributed by atoms with Gasteiger partial charge in [0.2, 0.25) is 10.0 Å². The summed E-state index contributed by atoms with van der Waals surface area (Å²) < 4.78 is 33.9. The van der Waals surface area contributed by atoms with Crippen LogP contribution in [0.1, 0.15) is 19.0 Å². The van der Waals surface area contributed by atoms with Crippen molar-refractivity contribution in [2.45, 2.75) is 24.8 Å². The molecule has 1 heterocycles. The molecule has 25 heavy (non-hydrogen) atoms. The number of nitrogens with zero attached hydrogens (tertiary/aromatic N) is 1. The largest absolute Gasteiger partial charge is 0.493 e. The molecule has 0 bridgehead atoms. The van der Waals surface area contributed by atoms with Crippen LogP contribution in [0.5, 0.6) is 5.75 Å². The van der Waals surface area contributed by atoms with E-state index in [2.05, 4.69) is 9.71 Å². The maximum absolute atomic E-state index is 12.8. The van der Waals surface area contributed by atoms with Crippen LogP contribution in [0.4, 0.5) is 0 Å². The van der Waals surface area contributed by atoms with Gasteiger partial charge in [-0.15, -0.1) is 0 Å². The summed E-state index contributed by atoms with van der Waals surface area (Å²) in [5.74, 6) is 0.695. The highest BCUT2D eigenvalue weighted by Gasteiger charge is 2.19. The molecule has 0 radical (unpaired) electrons. The molecule has 0 amide bonds. The summed E-state index contributed by atoms with van der Waals surface area (Å²) in [6.45, 7) is 2.77. The van der Waals surface area contributed by atoms with Gasteiger partial charge in [-0.3, -0.25) is 4.98 Å². The first-order valence-corrected chi connectivity index (χ1v) is 9.64. The van der Waals surface area contributed by atoms with Gasteiger partial charge in [-0.05, 0) is 30.7 Å². The lowest BCUT2D eigenvalue weighted by Gasteiger charge is -2.13. The van der Waals surface area contributed by atoms with E-state index >= 15 is 0 Å². The number of pyridine rings is 1. The number of benzene rings is 2. The van der Waals surface area contributed by atoms with Crippen molar-refractivity contribution in [3.05, 3.63) is 66.5 Å². The predicted octanol–water partition coefficient (Wildman–Crippen LogP) is 3.50. The molecule has 1 N–H and O–H groups in total. The molecule has 0 fully saturated rings. The van der Waals surface area contributed by atoms with E-state index in [1.807, 2.05) is 31.2 Å². The van der Waals surface area contributed by atoms with Crippen molar-refractivity contribution in [1.82, 2.24) is 9.71 Å². The molecular formula is C19H20N2O3S. The summed E-state index contributed by atoms with van der Waals surface area (Å²) in [6, 6.07) is 16.1. The lowest BCUT2D eigenvalue weighted by molar-refractivity contribution is 0.321. The summed E-state index contributed by atoms with van der Waals surface area (Å²) in [6.07, 6.45) is 2.53. The van der Waals surface area contributed by atoms with Crippen LogP contribution in [0, 0.1) is 0 Å². The average Bonchev–Trinajstić information content (AvgIpc) is 2.65. The Morgan fingerprint density at radius 2 is 1.76 bits per heavy atom. The van der Waals surface area contributed by atoms with E-state index in [-0.39, 0.29) is 11.4 Å². The molecular weight excluding hydrogens is 336 g/mol. The first-order valence-electron chi connectivity index (χ1n) is 8.16. The highest BCUT2D eigenvalue weighted by atomic mass is 32.2. The first-order chi connectivity index (χ1) is 12.1. The van der Waals surface area contributed by atoms with E-state index in [4.69, 9.17) is 4.74 Å². The molecule has 0 aliphatic heterocycles. The highest BCUT2D eigenvalue weighted by molar-refractivity contribution is 7.89. The number of hydrogen-bond acceptors (Lipinski definition) is 4. The summed E-state index contributed by atoms with van der Waals surface area (Å²) >= 11 is 0. The third-order valence-corrected chi connectivity index (χ3v) is 5.22. The minimum Gasteiger partial charge on any atom is -0.493 e. The molecule has 130 valence electrons. The number of fused-ring (bicyclic) bond motifs is 1. The number of sulfonamides is 1. The normalized spacial score (nSPS) is 11.6. The van der Waals surface area contributed by atoms with Gasteiger partial charge >= 0.3 is 0 Å². The van der Waals surface area contributed by atoms with Crippen molar-refractivity contribution in [1.29, 1.82) is 0 Å². The molecule has 0 aliphatic rings. The third-order valence-electron chi connectivity index (χ3n) is 3.76. The van der Waals surface area contributed by atoms with Gasteiger partial charge in [-0.1, -0.05) is 37.3 Å². The van der Waals surface area contributed by atoms with Crippen molar-refractivity contribution in [3.63, 3.8) is 0 Å². The SMILES string of the molecule is CCCOc1ccc(S(=O)(=O)NCc2ccccn2)c2ccccc12. The number of ether oxygens (including phenoxy) is 1. The Morgan fingerprint density at radius 1 is 1.00 bits per heavy atom. The zero-order valence-corrected chi connectivity index (χ0v) is 14.8. The van der Waals surface area contributed by atoms with Crippen molar-refractivity contribution in [3.8, 4) is 5.75 Å². The van der Waals surface area contributed by atoms with E-state index < -0.39 is 10.0 Å². The maximum atomic E-state index is 12.8. The molecule has 3 rings (SSSR count). The Hall–Kier alpha value is -2.44. The molecule has 0 saturated heterocycles. The Labute approximate surface area is 147 Å². The van der Waals surface area contributed by atoms with E-state index in [0.29, 0.717) is 23.4 Å². The van der Waals surface area contributed by atoms with Gasteiger partial charge in [-0.2, -0.15) is 0 Å². The molecule has 6 heteroatoms. The molecule has 5 nitrogen and oxygen atoms in total. The zero-order chi connectivity index (χ0) is 17.7. The van der Waals surface area contributed by atoms with Gasteiger partial charge < -0.3 is 4.74 Å². The minimum absolute atomic E-state index is 0.144. The maximum Gasteiger partial charge on any atom is 0.241 e. The molecule has 2 aromatic carbocycles. The molecule has 3 aromatic rings. The van der Waals surface area contributed by atoms with Gasteiger partial charge in [0, 0.05) is 17.0 Å². The number of rotatable bonds is 7. The fraction of sp³-hybridized carbons (Fsp3) is 0.211. The number of aromatic nitrogens is 1. The average molecular weight is 356 g/mol. The summed E-state index contributed by atoms with van der Waals surface area (Å²) in [5, 5.41) is 1.43. The van der Waals surface area contributed by atoms with E-state index in [1.165, 1.54) is 0 Å². The Kier molecular flexibility index (Phi) is 5.31. The highest BCUT2D eigenvalue weighted by Crippen LogP contribution is 2.31. The fourth-order valence-electron chi connectivity index (χ4n) is 2.57. The van der Waals surface area contributed by atoms with Gasteiger partial charge in [0.05, 0.1) is 23.7 Å². The van der Waals surface area contributed by atoms with Crippen molar-refractivity contribution in [2.24, 2.45) is 0 Å². The number of nitrogens with one attached hydrogen (secondary N) is 1. The molecule has 1 aromatic heterocycles. The molecule has 0 atom stereocenters. The van der Waals surface area contributed by atoms with Crippen molar-refractivity contribution >= 4 is 20.8 Å². The predicted molar refractivity (Wildman–Crippen MR) is 98.0 cm³/mol. The first kappa shape index (κ1) is 17.4. The van der Waals surface area contributed by atoms with Crippen LogP contribution in [-0.4, -0.2) is 20.0 Å². The van der Waals surface area contributed by atoms with Gasteiger partial charge in [0.15, 0.2) is 0 Å². The third kappa shape index (κ3) is 3.97. The second-order valence-electron chi connectivity index (χ2n) is 5.60. The van der Waals surface area contributed by atoms with Crippen molar-refractivity contribution < 1.29 is 13.2 Å². The van der Waals surface area contributed by atoms with Crippen molar-refractivity contribution in [2.75, 3.05) is 6.61 Å². The van der Waals surface area contributed by atoms with Gasteiger partial charge in [-0.25, -0.2) is 13.1 Å². The summed E-state index contributed by atoms with van der Waals surface area (Å²) in [7, 11) is -3.67. The molecule has 0 unspecified atom stereocenters. The molecule has 0 spiro atoms. The smallest absolute Gasteiger partial charge is 0.241 e. The number of hydrogen-bond donors (Lipinski definition) is 1. The lowest BCUT2D eigenvalue weighted by Crippen LogP contribution is -2.24. The lowest BCUT2D eigenvalue weighted by atomic mass is 10.1. The second-order valence-corrected chi connectivity index (χ2v) is 7.34. The monoisotopic (exact) mass is 356 g/mol. The van der Waals surface area contributed by atoms with Crippen LogP contribution in [0.25, 0.3) is 10.8 Å². The molecule has 0 aliphatic carbocycles. The standard InChI is InChI=1S/C19H20N2O3S/c1-2-13-24-18-10-11-19(17-9-4-3-8-16(17)18)25(22,23)21-14-15-7-5-6-12-20-15/h3-12,21H,2,13-14H2,1H3. The zero-order valence-electron chi connectivity index (χ0n) is 14.0. The Balaban J connectivity index is 1.94. The quantitative estimate of drug-likeness (QED) is 0.703. The van der Waals surface area contributed by atoms with Gasteiger partial charge in [0.25, 0.3) is 0 Å². The van der Waals surface area contributed by atoms with Crippen LogP contribution < -0.4 is 9.46 Å². The van der Waals surface area contributed by atoms with Crippen LogP contribution in [0.3, 0.4) is 0 Å². The van der Waals surface area contributed by atoms with E-state index in [0.717, 1.165) is 11.8 Å². The van der Waals surface area contributed by atoms with Crippen LogP contribution >= 0.6 is 0 Å². The second kappa shape index (κ2) is 7.63. The van der Waals surface area contributed by atoms with E-state index in [9.17, 15) is 8.42 Å². The topological polar surface area (TPSA) is 68.3 Å². The molecule has 0 saturated carbocycles. The Morgan fingerprint density at radius 3 is 2.48 bits per heavy atom. The summed E-state index contributed by atoms with van der Waals surface area (Å²) in [4.78, 5) is 4.38. The summed E-state index contributed by atoms with van der Waals surface area (Å²) in [5.41, 5.74) is 0.665. The fourth-order valence-corrected chi connectivity index (χ4v) is 3.77. The van der Waals surface area contributed by atoms with Gasteiger partial charge in [0.1, 0.15) is 5.75 Å². The van der Waals surface area contributed by atoms with E-state index in [1.54, 1.807) is 36.5 Å².